The topological polar surface area (TPSA) is 50.2 Å². The molecule has 0 aliphatic carbocycles. The molecule has 0 saturated carbocycles. The maximum absolute atomic E-state index is 10.7. The number of hydrogen-bond acceptors (Lipinski definition) is 2. The summed E-state index contributed by atoms with van der Waals surface area (Å²) >= 11 is 14.3. The molecule has 0 amide bonds. The molecule has 1 aromatic rings. The molecule has 0 bridgehead atoms. The van der Waals surface area contributed by atoms with E-state index in [1.54, 1.807) is 0 Å². The summed E-state index contributed by atoms with van der Waals surface area (Å²) in [5.74, 6) is -1.11. The summed E-state index contributed by atoms with van der Waals surface area (Å²) in [6, 6.07) is 1.46. The van der Waals surface area contributed by atoms with Crippen molar-refractivity contribution in [2.45, 2.75) is 5.33 Å². The van der Waals surface area contributed by atoms with E-state index in [0.717, 1.165) is 0 Å². The van der Waals surface area contributed by atoms with Gasteiger partial charge < -0.3 is 5.11 Å². The maximum Gasteiger partial charge on any atom is 0.339 e. The van der Waals surface area contributed by atoms with Gasteiger partial charge in [0.2, 0.25) is 0 Å². The standard InChI is InChI=1S/C7H4BrCl2NO2/c8-2-3-1-4(9)11-6(10)5(3)7(12)13/h1H,2H2,(H,12,13). The average Bonchev–Trinajstić information content (AvgIpc) is 2.01. The van der Waals surface area contributed by atoms with E-state index < -0.39 is 5.97 Å². The molecule has 13 heavy (non-hydrogen) atoms. The lowest BCUT2D eigenvalue weighted by molar-refractivity contribution is 0.0696. The zero-order chi connectivity index (χ0) is 10.0. The third-order valence-corrected chi connectivity index (χ3v) is 2.45. The Morgan fingerprint density at radius 1 is 1.62 bits per heavy atom. The summed E-state index contributed by atoms with van der Waals surface area (Å²) in [5.41, 5.74) is 0.500. The zero-order valence-corrected chi connectivity index (χ0v) is 9.32. The number of halogens is 3. The lowest BCUT2D eigenvalue weighted by Gasteiger charge is -2.04. The van der Waals surface area contributed by atoms with Gasteiger partial charge in [-0.3, -0.25) is 0 Å². The van der Waals surface area contributed by atoms with Crippen molar-refractivity contribution >= 4 is 45.1 Å². The average molecular weight is 285 g/mol. The van der Waals surface area contributed by atoms with Crippen molar-refractivity contribution in [1.82, 2.24) is 4.98 Å². The Bertz CT molecular complexity index is 357. The molecule has 70 valence electrons. The normalized spacial score (nSPS) is 10.1. The van der Waals surface area contributed by atoms with E-state index in [1.165, 1.54) is 6.07 Å². The van der Waals surface area contributed by atoms with Gasteiger partial charge in [0.15, 0.2) is 0 Å². The largest absolute Gasteiger partial charge is 0.478 e. The Balaban J connectivity index is 3.38. The van der Waals surface area contributed by atoms with Gasteiger partial charge in [0.1, 0.15) is 15.9 Å². The molecule has 0 aliphatic rings. The van der Waals surface area contributed by atoms with E-state index >= 15 is 0 Å². The van der Waals surface area contributed by atoms with Crippen molar-refractivity contribution < 1.29 is 9.90 Å². The van der Waals surface area contributed by atoms with Crippen LogP contribution in [0.4, 0.5) is 0 Å². The van der Waals surface area contributed by atoms with Crippen LogP contribution in [0, 0.1) is 0 Å². The second kappa shape index (κ2) is 4.26. The molecule has 0 aromatic carbocycles. The van der Waals surface area contributed by atoms with Crippen LogP contribution >= 0.6 is 39.1 Å². The Labute approximate surface area is 92.8 Å². The predicted octanol–water partition coefficient (Wildman–Crippen LogP) is 2.98. The molecule has 1 rings (SSSR count). The van der Waals surface area contributed by atoms with Crippen LogP contribution < -0.4 is 0 Å². The van der Waals surface area contributed by atoms with Crippen molar-refractivity contribution in [3.63, 3.8) is 0 Å². The number of nitrogens with zero attached hydrogens (tertiary/aromatic N) is 1. The van der Waals surface area contributed by atoms with Gasteiger partial charge in [-0.15, -0.1) is 0 Å². The van der Waals surface area contributed by atoms with Crippen LogP contribution in [0.2, 0.25) is 10.3 Å². The van der Waals surface area contributed by atoms with Crippen LogP contribution in [-0.2, 0) is 5.33 Å². The van der Waals surface area contributed by atoms with Gasteiger partial charge in [0, 0.05) is 5.33 Å². The highest BCUT2D eigenvalue weighted by atomic mass is 79.9. The zero-order valence-electron chi connectivity index (χ0n) is 6.22. The number of aromatic carboxylic acids is 1. The van der Waals surface area contributed by atoms with Gasteiger partial charge in [-0.05, 0) is 11.6 Å². The summed E-state index contributed by atoms with van der Waals surface area (Å²) in [4.78, 5) is 14.4. The van der Waals surface area contributed by atoms with Gasteiger partial charge in [-0.2, -0.15) is 0 Å². The highest BCUT2D eigenvalue weighted by Crippen LogP contribution is 2.23. The second-order valence-electron chi connectivity index (χ2n) is 2.21. The van der Waals surface area contributed by atoms with E-state index in [4.69, 9.17) is 28.3 Å². The molecule has 1 N–H and O–H groups in total. The fourth-order valence-electron chi connectivity index (χ4n) is 0.861. The van der Waals surface area contributed by atoms with Gasteiger partial charge >= 0.3 is 5.97 Å². The lowest BCUT2D eigenvalue weighted by atomic mass is 10.2. The highest BCUT2D eigenvalue weighted by Gasteiger charge is 2.16. The summed E-state index contributed by atoms with van der Waals surface area (Å²) in [6.45, 7) is 0. The van der Waals surface area contributed by atoms with E-state index in [9.17, 15) is 4.79 Å². The van der Waals surface area contributed by atoms with Crippen molar-refractivity contribution in [2.75, 3.05) is 0 Å². The lowest BCUT2D eigenvalue weighted by Crippen LogP contribution is -2.04. The van der Waals surface area contributed by atoms with Gasteiger partial charge in [0.25, 0.3) is 0 Å². The highest BCUT2D eigenvalue weighted by molar-refractivity contribution is 9.08. The maximum atomic E-state index is 10.7. The first kappa shape index (κ1) is 10.8. The van der Waals surface area contributed by atoms with Crippen molar-refractivity contribution in [3.05, 3.63) is 27.5 Å². The molecule has 0 unspecified atom stereocenters. The first-order valence-corrected chi connectivity index (χ1v) is 5.08. The molecular formula is C7H4BrCl2NO2. The van der Waals surface area contributed by atoms with E-state index in [-0.39, 0.29) is 15.9 Å². The number of carbonyl (C=O) groups is 1. The molecule has 0 spiro atoms. The summed E-state index contributed by atoms with van der Waals surface area (Å²) in [7, 11) is 0. The van der Waals surface area contributed by atoms with Crippen LogP contribution in [0.1, 0.15) is 15.9 Å². The quantitative estimate of drug-likeness (QED) is 0.671. The van der Waals surface area contributed by atoms with E-state index in [0.29, 0.717) is 10.9 Å². The minimum atomic E-state index is -1.11. The van der Waals surface area contributed by atoms with Crippen molar-refractivity contribution in [1.29, 1.82) is 0 Å². The van der Waals surface area contributed by atoms with Crippen LogP contribution in [0.25, 0.3) is 0 Å². The monoisotopic (exact) mass is 283 g/mol. The molecule has 1 heterocycles. The van der Waals surface area contributed by atoms with Crippen molar-refractivity contribution in [2.24, 2.45) is 0 Å². The van der Waals surface area contributed by atoms with E-state index in [1.807, 2.05) is 0 Å². The molecule has 0 saturated heterocycles. The number of alkyl halides is 1. The number of aromatic nitrogens is 1. The molecular weight excluding hydrogens is 281 g/mol. The molecule has 0 radical (unpaired) electrons. The Morgan fingerprint density at radius 3 is 2.69 bits per heavy atom. The molecule has 0 atom stereocenters. The summed E-state index contributed by atoms with van der Waals surface area (Å²) in [5, 5.41) is 9.25. The van der Waals surface area contributed by atoms with Crippen LogP contribution in [0.5, 0.6) is 0 Å². The number of carboxylic acids is 1. The first-order chi connectivity index (χ1) is 6.06. The fourth-order valence-corrected chi connectivity index (χ4v) is 1.86. The third-order valence-electron chi connectivity index (χ3n) is 1.38. The van der Waals surface area contributed by atoms with Gasteiger partial charge in [-0.25, -0.2) is 9.78 Å². The van der Waals surface area contributed by atoms with Crippen molar-refractivity contribution in [3.8, 4) is 0 Å². The minimum Gasteiger partial charge on any atom is -0.478 e. The van der Waals surface area contributed by atoms with Crippen LogP contribution in [0.3, 0.4) is 0 Å². The fraction of sp³-hybridized carbons (Fsp3) is 0.143. The molecule has 0 aliphatic heterocycles. The Hall–Kier alpha value is -0.320. The van der Waals surface area contributed by atoms with Crippen LogP contribution in [0.15, 0.2) is 6.07 Å². The first-order valence-electron chi connectivity index (χ1n) is 3.20. The molecule has 6 heteroatoms. The number of carboxylic acid groups (broad SMARTS) is 1. The molecule has 0 fully saturated rings. The SMILES string of the molecule is O=C(O)c1c(CBr)cc(Cl)nc1Cl. The number of hydrogen-bond donors (Lipinski definition) is 1. The third kappa shape index (κ3) is 2.33. The minimum absolute atomic E-state index is 0.0112. The summed E-state index contributed by atoms with van der Waals surface area (Å²) in [6.07, 6.45) is 0. The molecule has 1 aromatic heterocycles. The van der Waals surface area contributed by atoms with Gasteiger partial charge in [-0.1, -0.05) is 39.1 Å². The Kier molecular flexibility index (Phi) is 3.53. The molecule has 3 nitrogen and oxygen atoms in total. The second-order valence-corrected chi connectivity index (χ2v) is 3.51. The van der Waals surface area contributed by atoms with E-state index in [2.05, 4.69) is 20.9 Å². The summed E-state index contributed by atoms with van der Waals surface area (Å²) < 4.78 is 0. The predicted molar refractivity (Wildman–Crippen MR) is 53.8 cm³/mol. The smallest absolute Gasteiger partial charge is 0.339 e. The number of rotatable bonds is 2. The van der Waals surface area contributed by atoms with Gasteiger partial charge in [0.05, 0.1) is 0 Å². The number of pyridine rings is 1. The van der Waals surface area contributed by atoms with Crippen LogP contribution in [-0.4, -0.2) is 16.1 Å². The Morgan fingerprint density at radius 2 is 2.23 bits per heavy atom.